The van der Waals surface area contributed by atoms with Crippen LogP contribution in [-0.2, 0) is 0 Å². The molecule has 41 valence electrons. The zero-order valence-electron chi connectivity index (χ0n) is 4.29. The Labute approximate surface area is 56.7 Å². The Balaban J connectivity index is 3.08. The van der Waals surface area contributed by atoms with Gasteiger partial charge in [-0.15, -0.1) is 0 Å². The number of hydrogen-bond acceptors (Lipinski definition) is 1. The van der Waals surface area contributed by atoms with E-state index in [9.17, 15) is 0 Å². The van der Waals surface area contributed by atoms with E-state index in [1.807, 2.05) is 24.3 Å². The predicted octanol–water partition coefficient (Wildman–Crippen LogP) is 0.0626. The number of nitrogen functional groups attached to an aromatic ring is 1. The summed E-state index contributed by atoms with van der Waals surface area (Å²) in [6.45, 7) is 0. The second-order valence-corrected chi connectivity index (χ2v) is 2.56. The standard InChI is InChI=1S/C6H6NSe/c7-5-2-1-3-6(8)4-5/h1-4H,7H2. The van der Waals surface area contributed by atoms with Crippen molar-refractivity contribution in [2.45, 2.75) is 0 Å². The van der Waals surface area contributed by atoms with Gasteiger partial charge in [-0.05, 0) is 0 Å². The van der Waals surface area contributed by atoms with E-state index in [0.29, 0.717) is 0 Å². The van der Waals surface area contributed by atoms with Crippen LogP contribution in [-0.4, -0.2) is 16.0 Å². The molecule has 1 rings (SSSR count). The first-order chi connectivity index (χ1) is 3.79. The average molecular weight is 171 g/mol. The maximum absolute atomic E-state index is 5.44. The van der Waals surface area contributed by atoms with E-state index in [4.69, 9.17) is 5.73 Å². The fraction of sp³-hybridized carbons (Fsp3) is 0. The number of rotatable bonds is 0. The summed E-state index contributed by atoms with van der Waals surface area (Å²) in [7, 11) is 0. The summed E-state index contributed by atoms with van der Waals surface area (Å²) >= 11 is 2.86. The van der Waals surface area contributed by atoms with Crippen molar-refractivity contribution >= 4 is 26.2 Å². The molecule has 0 amide bonds. The van der Waals surface area contributed by atoms with E-state index < -0.39 is 0 Å². The van der Waals surface area contributed by atoms with Gasteiger partial charge in [-0.3, -0.25) is 0 Å². The Bertz CT molecular complexity index is 168. The van der Waals surface area contributed by atoms with Crippen LogP contribution in [0.3, 0.4) is 0 Å². The number of hydrogen-bond donors (Lipinski definition) is 1. The van der Waals surface area contributed by atoms with E-state index >= 15 is 0 Å². The molecule has 0 spiro atoms. The van der Waals surface area contributed by atoms with Crippen LogP contribution in [0.1, 0.15) is 0 Å². The number of anilines is 1. The molecule has 0 saturated carbocycles. The fourth-order valence-electron chi connectivity index (χ4n) is 0.515. The molecule has 0 aromatic heterocycles. The van der Waals surface area contributed by atoms with Gasteiger partial charge < -0.3 is 0 Å². The van der Waals surface area contributed by atoms with Crippen molar-refractivity contribution in [2.24, 2.45) is 0 Å². The summed E-state index contributed by atoms with van der Waals surface area (Å²) in [5.41, 5.74) is 6.25. The molecule has 2 N–H and O–H groups in total. The Morgan fingerprint density at radius 1 is 1.38 bits per heavy atom. The second kappa shape index (κ2) is 2.21. The predicted molar refractivity (Wildman–Crippen MR) is 36.2 cm³/mol. The molecule has 1 aromatic rings. The summed E-state index contributed by atoms with van der Waals surface area (Å²) in [4.78, 5) is 0. The van der Waals surface area contributed by atoms with Crippen LogP contribution < -0.4 is 10.2 Å². The molecule has 0 fully saturated rings. The van der Waals surface area contributed by atoms with E-state index in [1.165, 1.54) is 0 Å². The summed E-state index contributed by atoms with van der Waals surface area (Å²) in [5.74, 6) is 0. The van der Waals surface area contributed by atoms with Gasteiger partial charge in [0.25, 0.3) is 0 Å². The van der Waals surface area contributed by atoms with Crippen molar-refractivity contribution in [3.63, 3.8) is 0 Å². The Kier molecular flexibility index (Phi) is 1.56. The van der Waals surface area contributed by atoms with Crippen molar-refractivity contribution in [1.29, 1.82) is 0 Å². The molecule has 0 aliphatic carbocycles. The molecule has 1 radical (unpaired) electrons. The summed E-state index contributed by atoms with van der Waals surface area (Å²) in [6.07, 6.45) is 0. The molecule has 0 bridgehead atoms. The van der Waals surface area contributed by atoms with Crippen molar-refractivity contribution in [2.75, 3.05) is 5.73 Å². The molecule has 1 nitrogen and oxygen atoms in total. The van der Waals surface area contributed by atoms with Gasteiger partial charge in [-0.1, -0.05) is 0 Å². The molecule has 1 aromatic carbocycles. The van der Waals surface area contributed by atoms with Gasteiger partial charge in [-0.2, -0.15) is 0 Å². The first-order valence-corrected chi connectivity index (χ1v) is 3.17. The normalized spacial score (nSPS) is 9.00. The summed E-state index contributed by atoms with van der Waals surface area (Å²) < 4.78 is 1.09. The van der Waals surface area contributed by atoms with Crippen LogP contribution in [0.15, 0.2) is 24.3 Å². The van der Waals surface area contributed by atoms with E-state index in [-0.39, 0.29) is 0 Å². The second-order valence-electron chi connectivity index (χ2n) is 1.57. The number of benzene rings is 1. The third kappa shape index (κ3) is 1.25. The third-order valence-corrected chi connectivity index (χ3v) is 1.39. The quantitative estimate of drug-likeness (QED) is 0.433. The molecule has 0 atom stereocenters. The minimum atomic E-state index is 0.807. The van der Waals surface area contributed by atoms with Crippen molar-refractivity contribution in [1.82, 2.24) is 0 Å². The van der Waals surface area contributed by atoms with Crippen molar-refractivity contribution < 1.29 is 0 Å². The third-order valence-electron chi connectivity index (χ3n) is 0.858. The first-order valence-electron chi connectivity index (χ1n) is 2.31. The van der Waals surface area contributed by atoms with Crippen molar-refractivity contribution in [3.8, 4) is 0 Å². The monoisotopic (exact) mass is 172 g/mol. The molecule has 0 aliphatic rings. The summed E-state index contributed by atoms with van der Waals surface area (Å²) in [6, 6.07) is 7.64. The van der Waals surface area contributed by atoms with Gasteiger partial charge in [-0.25, -0.2) is 0 Å². The average Bonchev–Trinajstić information content (AvgIpc) is 1.64. The Morgan fingerprint density at radius 2 is 2.12 bits per heavy atom. The molecule has 0 aliphatic heterocycles. The topological polar surface area (TPSA) is 26.0 Å². The molecule has 2 heteroatoms. The maximum atomic E-state index is 5.44. The van der Waals surface area contributed by atoms with E-state index in [2.05, 4.69) is 16.0 Å². The van der Waals surface area contributed by atoms with Gasteiger partial charge in [0.15, 0.2) is 0 Å². The van der Waals surface area contributed by atoms with Crippen molar-refractivity contribution in [3.05, 3.63) is 24.3 Å². The number of nitrogens with two attached hydrogens (primary N) is 1. The molecule has 8 heavy (non-hydrogen) atoms. The Morgan fingerprint density at radius 3 is 2.50 bits per heavy atom. The van der Waals surface area contributed by atoms with Gasteiger partial charge in [0.05, 0.1) is 0 Å². The molecule has 0 unspecified atom stereocenters. The van der Waals surface area contributed by atoms with Crippen LogP contribution in [0.4, 0.5) is 5.69 Å². The van der Waals surface area contributed by atoms with Crippen LogP contribution in [0.25, 0.3) is 0 Å². The summed E-state index contributed by atoms with van der Waals surface area (Å²) in [5, 5.41) is 0. The van der Waals surface area contributed by atoms with Gasteiger partial charge in [0.1, 0.15) is 0 Å². The van der Waals surface area contributed by atoms with Crippen LogP contribution >= 0.6 is 0 Å². The van der Waals surface area contributed by atoms with E-state index in [1.54, 1.807) is 0 Å². The van der Waals surface area contributed by atoms with Gasteiger partial charge in [0, 0.05) is 0 Å². The minimum absolute atomic E-state index is 0.807. The molecular formula is C6H6NSe. The first kappa shape index (κ1) is 5.67. The van der Waals surface area contributed by atoms with Gasteiger partial charge in [0.2, 0.25) is 0 Å². The molecule has 0 heterocycles. The van der Waals surface area contributed by atoms with Crippen LogP contribution in [0.2, 0.25) is 0 Å². The Hall–Kier alpha value is -0.461. The zero-order valence-corrected chi connectivity index (χ0v) is 6.01. The SMILES string of the molecule is Nc1cccc([Se])c1. The fourth-order valence-corrected chi connectivity index (χ4v) is 0.965. The van der Waals surface area contributed by atoms with Gasteiger partial charge >= 0.3 is 56.2 Å². The molecular weight excluding hydrogens is 165 g/mol. The van der Waals surface area contributed by atoms with Crippen LogP contribution in [0, 0.1) is 0 Å². The zero-order chi connectivity index (χ0) is 5.98. The molecule has 0 saturated heterocycles. The van der Waals surface area contributed by atoms with E-state index in [0.717, 1.165) is 10.1 Å². The van der Waals surface area contributed by atoms with Crippen LogP contribution in [0.5, 0.6) is 0 Å².